The highest BCUT2D eigenvalue weighted by Crippen LogP contribution is 2.28. The van der Waals surface area contributed by atoms with Gasteiger partial charge in [-0.05, 0) is 31.6 Å². The normalized spacial score (nSPS) is 15.1. The average molecular weight is 255 g/mol. The molecule has 0 aromatic carbocycles. The van der Waals surface area contributed by atoms with Crippen molar-refractivity contribution in [1.82, 2.24) is 9.36 Å². The number of rotatable bonds is 9. The lowest BCUT2D eigenvalue weighted by Gasteiger charge is -2.03. The first kappa shape index (κ1) is 12.8. The maximum absolute atomic E-state index is 5.57. The zero-order valence-electron chi connectivity index (χ0n) is 10.4. The van der Waals surface area contributed by atoms with Gasteiger partial charge >= 0.3 is 0 Å². The van der Waals surface area contributed by atoms with Crippen molar-refractivity contribution in [2.24, 2.45) is 5.92 Å². The average Bonchev–Trinajstić information content (AvgIpc) is 3.05. The lowest BCUT2D eigenvalue weighted by Crippen LogP contribution is -2.06. The molecule has 5 heteroatoms. The van der Waals surface area contributed by atoms with Crippen LogP contribution in [0.2, 0.25) is 0 Å². The Labute approximate surface area is 107 Å². The molecular weight excluding hydrogens is 234 g/mol. The van der Waals surface area contributed by atoms with E-state index in [-0.39, 0.29) is 0 Å². The number of aryl methyl sites for hydroxylation is 1. The second kappa shape index (κ2) is 6.91. The molecule has 17 heavy (non-hydrogen) atoms. The third-order valence-corrected chi connectivity index (χ3v) is 3.44. The molecule has 1 aliphatic rings. The molecule has 0 saturated heterocycles. The number of hydrogen-bond donors (Lipinski definition) is 1. The van der Waals surface area contributed by atoms with Crippen LogP contribution in [0.4, 0.5) is 5.13 Å². The molecule has 96 valence electrons. The molecule has 0 aliphatic heterocycles. The second-order valence-electron chi connectivity index (χ2n) is 4.56. The predicted molar refractivity (Wildman–Crippen MR) is 70.6 cm³/mol. The van der Waals surface area contributed by atoms with E-state index in [4.69, 9.17) is 4.74 Å². The predicted octanol–water partition coefficient (Wildman–Crippen LogP) is 2.72. The Balaban J connectivity index is 1.50. The number of nitrogens with zero attached hydrogens (tertiary/aromatic N) is 2. The van der Waals surface area contributed by atoms with Crippen LogP contribution in [0.1, 0.15) is 38.4 Å². The summed E-state index contributed by atoms with van der Waals surface area (Å²) in [4.78, 5) is 4.41. The zero-order valence-corrected chi connectivity index (χ0v) is 11.3. The molecule has 0 atom stereocenters. The lowest BCUT2D eigenvalue weighted by molar-refractivity contribution is 0.124. The largest absolute Gasteiger partial charge is 0.381 e. The molecule has 0 radical (unpaired) electrons. The molecule has 1 fully saturated rings. The van der Waals surface area contributed by atoms with Gasteiger partial charge in [0, 0.05) is 37.7 Å². The number of aromatic nitrogens is 2. The van der Waals surface area contributed by atoms with E-state index in [2.05, 4.69) is 21.6 Å². The molecule has 1 aromatic heterocycles. The molecule has 1 aliphatic carbocycles. The van der Waals surface area contributed by atoms with Crippen LogP contribution in [0.25, 0.3) is 0 Å². The van der Waals surface area contributed by atoms with Crippen molar-refractivity contribution < 1.29 is 4.74 Å². The Morgan fingerprint density at radius 2 is 2.35 bits per heavy atom. The van der Waals surface area contributed by atoms with E-state index in [0.717, 1.165) is 55.9 Å². The van der Waals surface area contributed by atoms with Crippen molar-refractivity contribution in [1.29, 1.82) is 0 Å². The van der Waals surface area contributed by atoms with Crippen molar-refractivity contribution in [2.75, 3.05) is 25.1 Å². The number of ether oxygens (including phenoxy) is 1. The minimum absolute atomic E-state index is 0.851. The van der Waals surface area contributed by atoms with E-state index in [0.29, 0.717) is 0 Å². The van der Waals surface area contributed by atoms with Gasteiger partial charge in [0.2, 0.25) is 5.13 Å². The molecule has 1 N–H and O–H groups in total. The first-order valence-corrected chi connectivity index (χ1v) is 7.30. The number of nitrogens with one attached hydrogen (secondary N) is 1. The highest BCUT2D eigenvalue weighted by molar-refractivity contribution is 7.09. The van der Waals surface area contributed by atoms with Gasteiger partial charge in [-0.3, -0.25) is 0 Å². The van der Waals surface area contributed by atoms with Crippen molar-refractivity contribution in [3.05, 3.63) is 5.82 Å². The monoisotopic (exact) mass is 255 g/mol. The second-order valence-corrected chi connectivity index (χ2v) is 5.32. The third kappa shape index (κ3) is 5.00. The summed E-state index contributed by atoms with van der Waals surface area (Å²) >= 11 is 1.46. The van der Waals surface area contributed by atoms with Crippen molar-refractivity contribution in [3.63, 3.8) is 0 Å². The first-order chi connectivity index (χ1) is 8.38. The van der Waals surface area contributed by atoms with Crippen LogP contribution < -0.4 is 5.32 Å². The molecule has 1 aromatic rings. The highest BCUT2D eigenvalue weighted by Gasteiger charge is 2.20. The van der Waals surface area contributed by atoms with Crippen LogP contribution in [0.5, 0.6) is 0 Å². The van der Waals surface area contributed by atoms with Crippen LogP contribution in [-0.4, -0.2) is 29.1 Å². The van der Waals surface area contributed by atoms with Gasteiger partial charge in [-0.2, -0.15) is 4.37 Å². The quantitative estimate of drug-likeness (QED) is 0.689. The van der Waals surface area contributed by atoms with E-state index in [1.807, 2.05) is 0 Å². The van der Waals surface area contributed by atoms with Gasteiger partial charge in [0.25, 0.3) is 0 Å². The summed E-state index contributed by atoms with van der Waals surface area (Å²) in [6, 6.07) is 0. The summed E-state index contributed by atoms with van der Waals surface area (Å²) in [6.45, 7) is 4.88. The van der Waals surface area contributed by atoms with E-state index in [9.17, 15) is 0 Å². The Morgan fingerprint density at radius 1 is 1.47 bits per heavy atom. The molecule has 4 nitrogen and oxygen atoms in total. The fraction of sp³-hybridized carbons (Fsp3) is 0.833. The topological polar surface area (TPSA) is 47.0 Å². The number of hydrogen-bond acceptors (Lipinski definition) is 5. The molecule has 2 rings (SSSR count). The standard InChI is InChI=1S/C12H21N3OS/c1-2-4-11-14-12(17-15-11)13-7-3-8-16-9-10-5-6-10/h10H,2-9H2,1H3,(H,13,14,15). The molecule has 0 amide bonds. The molecule has 1 saturated carbocycles. The van der Waals surface area contributed by atoms with Gasteiger partial charge in [-0.1, -0.05) is 6.92 Å². The van der Waals surface area contributed by atoms with Crippen molar-refractivity contribution in [2.45, 2.75) is 39.0 Å². The van der Waals surface area contributed by atoms with Gasteiger partial charge in [-0.15, -0.1) is 0 Å². The fourth-order valence-electron chi connectivity index (χ4n) is 1.55. The lowest BCUT2D eigenvalue weighted by atomic mass is 10.3. The Morgan fingerprint density at radius 3 is 3.12 bits per heavy atom. The summed E-state index contributed by atoms with van der Waals surface area (Å²) in [5.41, 5.74) is 0. The Hall–Kier alpha value is -0.680. The third-order valence-electron chi connectivity index (χ3n) is 2.73. The van der Waals surface area contributed by atoms with Crippen molar-refractivity contribution in [3.8, 4) is 0 Å². The van der Waals surface area contributed by atoms with Crippen LogP contribution in [0.15, 0.2) is 0 Å². The van der Waals surface area contributed by atoms with Gasteiger partial charge in [0.15, 0.2) is 0 Å². The highest BCUT2D eigenvalue weighted by atomic mass is 32.1. The van der Waals surface area contributed by atoms with Crippen LogP contribution in [0, 0.1) is 5.92 Å². The SMILES string of the molecule is CCCc1nsc(NCCCOCC2CC2)n1. The van der Waals surface area contributed by atoms with E-state index >= 15 is 0 Å². The molecule has 1 heterocycles. The Kier molecular flexibility index (Phi) is 5.19. The first-order valence-electron chi connectivity index (χ1n) is 6.52. The maximum atomic E-state index is 5.57. The fourth-order valence-corrected chi connectivity index (χ4v) is 2.19. The number of anilines is 1. The smallest absolute Gasteiger partial charge is 0.202 e. The molecule has 0 spiro atoms. The summed E-state index contributed by atoms with van der Waals surface area (Å²) < 4.78 is 9.86. The van der Waals surface area contributed by atoms with E-state index < -0.39 is 0 Å². The minimum Gasteiger partial charge on any atom is -0.381 e. The maximum Gasteiger partial charge on any atom is 0.202 e. The van der Waals surface area contributed by atoms with Gasteiger partial charge in [0.1, 0.15) is 5.82 Å². The molecule has 0 bridgehead atoms. The molecular formula is C12H21N3OS. The summed E-state index contributed by atoms with van der Waals surface area (Å²) in [5.74, 6) is 1.83. The van der Waals surface area contributed by atoms with Gasteiger partial charge in [0.05, 0.1) is 0 Å². The van der Waals surface area contributed by atoms with Crippen molar-refractivity contribution >= 4 is 16.7 Å². The van der Waals surface area contributed by atoms with Crippen LogP contribution in [0.3, 0.4) is 0 Å². The van der Waals surface area contributed by atoms with Crippen LogP contribution in [-0.2, 0) is 11.2 Å². The van der Waals surface area contributed by atoms with E-state index in [1.54, 1.807) is 0 Å². The summed E-state index contributed by atoms with van der Waals surface area (Å²) in [5, 5.41) is 4.23. The minimum atomic E-state index is 0.851. The van der Waals surface area contributed by atoms with E-state index in [1.165, 1.54) is 24.4 Å². The van der Waals surface area contributed by atoms with Crippen LogP contribution >= 0.6 is 11.5 Å². The summed E-state index contributed by atoms with van der Waals surface area (Å²) in [7, 11) is 0. The molecule has 0 unspecified atom stereocenters. The van der Waals surface area contributed by atoms with Gasteiger partial charge < -0.3 is 10.1 Å². The summed E-state index contributed by atoms with van der Waals surface area (Å²) in [6.07, 6.45) is 5.84. The van der Waals surface area contributed by atoms with Gasteiger partial charge in [-0.25, -0.2) is 4.98 Å². The Bertz CT molecular complexity index is 325. The zero-order chi connectivity index (χ0) is 11.9.